The van der Waals surface area contributed by atoms with E-state index in [1.807, 2.05) is 43.3 Å². The van der Waals surface area contributed by atoms with Gasteiger partial charge < -0.3 is 10.0 Å². The summed E-state index contributed by atoms with van der Waals surface area (Å²) in [5.41, 5.74) is 0.280. The molecular weight excluding hydrogens is 302 g/mol. The van der Waals surface area contributed by atoms with Crippen LogP contribution in [0.4, 0.5) is 5.69 Å². The quantitative estimate of drug-likeness (QED) is 0.862. The van der Waals surface area contributed by atoms with Crippen molar-refractivity contribution in [2.45, 2.75) is 18.9 Å². The summed E-state index contributed by atoms with van der Waals surface area (Å²) in [7, 11) is 0. The van der Waals surface area contributed by atoms with Crippen LogP contribution in [0.15, 0.2) is 60.7 Å². The van der Waals surface area contributed by atoms with Crippen molar-refractivity contribution in [3.63, 3.8) is 0 Å². The number of benzene rings is 2. The number of likely N-dealkylation sites (N-methyl/N-ethyl adjacent to an activating group) is 1. The van der Waals surface area contributed by atoms with Crippen LogP contribution in [0, 0.1) is 0 Å². The Hall–Kier alpha value is -2.72. The topological polar surface area (TPSA) is 57.6 Å². The molecule has 0 saturated heterocycles. The first-order valence-electron chi connectivity index (χ1n) is 7.96. The summed E-state index contributed by atoms with van der Waals surface area (Å²) in [6, 6.07) is 16.5. The molecule has 2 aromatic carbocycles. The van der Waals surface area contributed by atoms with Crippen molar-refractivity contribution in [3.8, 4) is 0 Å². The molecule has 0 aliphatic carbocycles. The zero-order valence-corrected chi connectivity index (χ0v) is 13.5. The van der Waals surface area contributed by atoms with Gasteiger partial charge in [-0.15, -0.1) is 0 Å². The lowest BCUT2D eigenvalue weighted by molar-refractivity contribution is -0.140. The lowest BCUT2D eigenvalue weighted by Gasteiger charge is -2.21. The molecule has 3 rings (SSSR count). The maximum Gasteiger partial charge on any atom is 0.264 e. The van der Waals surface area contributed by atoms with Crippen LogP contribution < -0.4 is 4.90 Å². The molecule has 0 aromatic heterocycles. The van der Waals surface area contributed by atoms with Crippen LogP contribution in [0.2, 0.25) is 0 Å². The monoisotopic (exact) mass is 321 g/mol. The van der Waals surface area contributed by atoms with Gasteiger partial charge in [0.05, 0.1) is 12.1 Å². The van der Waals surface area contributed by atoms with Crippen LogP contribution in [0.3, 0.4) is 0 Å². The molecule has 0 bridgehead atoms. The average Bonchev–Trinajstić information content (AvgIpc) is 2.82. The Morgan fingerprint density at radius 1 is 1.12 bits per heavy atom. The van der Waals surface area contributed by atoms with Gasteiger partial charge in [0.15, 0.2) is 11.4 Å². The van der Waals surface area contributed by atoms with Gasteiger partial charge in [0.1, 0.15) is 0 Å². The number of ketones is 1. The summed E-state index contributed by atoms with van der Waals surface area (Å²) in [5.74, 6) is -0.727. The summed E-state index contributed by atoms with van der Waals surface area (Å²) in [6.45, 7) is 2.30. The fourth-order valence-corrected chi connectivity index (χ4v) is 3.06. The zero-order chi connectivity index (χ0) is 17.2. The Morgan fingerprint density at radius 2 is 1.79 bits per heavy atom. The molecule has 1 heterocycles. The Balaban J connectivity index is 1.85. The molecule has 1 amide bonds. The molecule has 1 aliphatic rings. The zero-order valence-electron chi connectivity index (χ0n) is 13.5. The molecule has 4 nitrogen and oxygen atoms in total. The van der Waals surface area contributed by atoms with E-state index < -0.39 is 11.5 Å². The number of para-hydroxylation sites is 1. The van der Waals surface area contributed by atoms with Gasteiger partial charge in [0, 0.05) is 12.1 Å². The van der Waals surface area contributed by atoms with Crippen molar-refractivity contribution in [1.29, 1.82) is 0 Å². The first-order chi connectivity index (χ1) is 11.6. The molecule has 1 atom stereocenters. The standard InChI is InChI=1S/C20H19NO3/c1-2-21-18-11-7-6-10-17(18)20(24,19(21)23)14-16(22)13-12-15-8-4-3-5-9-15/h3-13,24H,2,14H2,1H3. The van der Waals surface area contributed by atoms with Crippen LogP contribution in [0.25, 0.3) is 6.08 Å². The predicted molar refractivity (Wildman–Crippen MR) is 93.5 cm³/mol. The minimum absolute atomic E-state index is 0.261. The number of hydrogen-bond acceptors (Lipinski definition) is 3. The number of allylic oxidation sites excluding steroid dienone is 1. The third-order valence-electron chi connectivity index (χ3n) is 4.25. The highest BCUT2D eigenvalue weighted by molar-refractivity contribution is 6.10. The highest BCUT2D eigenvalue weighted by Gasteiger charge is 2.49. The molecule has 122 valence electrons. The van der Waals surface area contributed by atoms with Gasteiger partial charge in [0.2, 0.25) is 0 Å². The van der Waals surface area contributed by atoms with Gasteiger partial charge in [-0.05, 0) is 24.6 Å². The van der Waals surface area contributed by atoms with E-state index in [9.17, 15) is 14.7 Å². The summed E-state index contributed by atoms with van der Waals surface area (Å²) in [6.07, 6.45) is 2.84. The van der Waals surface area contributed by atoms with E-state index in [1.165, 1.54) is 11.0 Å². The maximum atomic E-state index is 12.6. The van der Waals surface area contributed by atoms with Crippen molar-refractivity contribution in [2.24, 2.45) is 0 Å². The molecular formula is C20H19NO3. The minimum Gasteiger partial charge on any atom is -0.375 e. The summed E-state index contributed by atoms with van der Waals surface area (Å²) < 4.78 is 0. The van der Waals surface area contributed by atoms with E-state index in [2.05, 4.69) is 0 Å². The van der Waals surface area contributed by atoms with Crippen molar-refractivity contribution < 1.29 is 14.7 Å². The second kappa shape index (κ2) is 6.42. The van der Waals surface area contributed by atoms with Crippen LogP contribution in [-0.2, 0) is 15.2 Å². The Labute approximate surface area is 141 Å². The third-order valence-corrected chi connectivity index (χ3v) is 4.25. The van der Waals surface area contributed by atoms with E-state index in [4.69, 9.17) is 0 Å². The molecule has 2 aromatic rings. The normalized spacial score (nSPS) is 19.8. The number of hydrogen-bond donors (Lipinski definition) is 1. The number of nitrogens with zero attached hydrogens (tertiary/aromatic N) is 1. The van der Waals surface area contributed by atoms with Crippen LogP contribution in [0.5, 0.6) is 0 Å². The molecule has 1 N–H and O–H groups in total. The minimum atomic E-state index is -1.79. The number of carbonyl (C=O) groups excluding carboxylic acids is 2. The number of anilines is 1. The SMILES string of the molecule is CCN1C(=O)C(O)(CC(=O)C=Cc2ccccc2)c2ccccc21. The summed E-state index contributed by atoms with van der Waals surface area (Å²) in [5, 5.41) is 10.9. The molecule has 0 spiro atoms. The van der Waals surface area contributed by atoms with Gasteiger partial charge in [-0.2, -0.15) is 0 Å². The van der Waals surface area contributed by atoms with Gasteiger partial charge >= 0.3 is 0 Å². The third kappa shape index (κ3) is 2.76. The molecule has 0 saturated carbocycles. The second-order valence-electron chi connectivity index (χ2n) is 5.81. The van der Waals surface area contributed by atoms with Crippen molar-refractivity contribution in [2.75, 3.05) is 11.4 Å². The van der Waals surface area contributed by atoms with E-state index in [0.717, 1.165) is 5.56 Å². The summed E-state index contributed by atoms with van der Waals surface area (Å²) in [4.78, 5) is 26.5. The lowest BCUT2D eigenvalue weighted by Crippen LogP contribution is -2.41. The smallest absolute Gasteiger partial charge is 0.264 e. The van der Waals surface area contributed by atoms with Crippen LogP contribution in [0.1, 0.15) is 24.5 Å². The maximum absolute atomic E-state index is 12.6. The molecule has 1 aliphatic heterocycles. The van der Waals surface area contributed by atoms with E-state index >= 15 is 0 Å². The summed E-state index contributed by atoms with van der Waals surface area (Å²) >= 11 is 0. The van der Waals surface area contributed by atoms with Crippen LogP contribution in [-0.4, -0.2) is 23.3 Å². The molecule has 24 heavy (non-hydrogen) atoms. The number of fused-ring (bicyclic) bond motifs is 1. The number of amides is 1. The fourth-order valence-electron chi connectivity index (χ4n) is 3.06. The number of rotatable bonds is 5. The Morgan fingerprint density at radius 3 is 2.50 bits per heavy atom. The second-order valence-corrected chi connectivity index (χ2v) is 5.81. The molecule has 0 fully saturated rings. The highest BCUT2D eigenvalue weighted by Crippen LogP contribution is 2.42. The predicted octanol–water partition coefficient (Wildman–Crippen LogP) is 2.91. The van der Waals surface area contributed by atoms with E-state index in [1.54, 1.807) is 24.3 Å². The average molecular weight is 321 g/mol. The van der Waals surface area contributed by atoms with Crippen molar-refractivity contribution in [1.82, 2.24) is 0 Å². The lowest BCUT2D eigenvalue weighted by atomic mass is 9.90. The van der Waals surface area contributed by atoms with Gasteiger partial charge in [-0.3, -0.25) is 9.59 Å². The number of carbonyl (C=O) groups is 2. The van der Waals surface area contributed by atoms with Gasteiger partial charge in [0.25, 0.3) is 5.91 Å². The fraction of sp³-hybridized carbons (Fsp3) is 0.200. The van der Waals surface area contributed by atoms with Crippen molar-refractivity contribution in [3.05, 3.63) is 71.8 Å². The first-order valence-corrected chi connectivity index (χ1v) is 7.96. The largest absolute Gasteiger partial charge is 0.375 e. The van der Waals surface area contributed by atoms with Gasteiger partial charge in [-0.1, -0.05) is 54.6 Å². The number of aliphatic hydroxyl groups is 1. The molecule has 0 radical (unpaired) electrons. The van der Waals surface area contributed by atoms with Gasteiger partial charge in [-0.25, -0.2) is 0 Å². The van der Waals surface area contributed by atoms with E-state index in [0.29, 0.717) is 17.8 Å². The first kappa shape index (κ1) is 16.1. The molecule has 1 unspecified atom stereocenters. The van der Waals surface area contributed by atoms with E-state index in [-0.39, 0.29) is 12.2 Å². The Bertz CT molecular complexity index is 798. The molecule has 4 heteroatoms. The highest BCUT2D eigenvalue weighted by atomic mass is 16.3. The van der Waals surface area contributed by atoms with Crippen molar-refractivity contribution >= 4 is 23.5 Å². The van der Waals surface area contributed by atoms with Crippen LogP contribution >= 0.6 is 0 Å². The Kier molecular flexibility index (Phi) is 4.32.